The lowest BCUT2D eigenvalue weighted by Crippen LogP contribution is -2.49. The molecule has 0 bridgehead atoms. The molecule has 8 nitrogen and oxygen atoms in total. The summed E-state index contributed by atoms with van der Waals surface area (Å²) in [7, 11) is -2.00. The molecular weight excluding hydrogens is 436 g/mol. The van der Waals surface area contributed by atoms with E-state index in [9.17, 15) is 13.2 Å². The molecular formula is C17H21BrN4O4S. The third-order valence-corrected chi connectivity index (χ3v) is 7.17. The molecule has 10 heteroatoms. The molecule has 2 heterocycles. The van der Waals surface area contributed by atoms with Crippen LogP contribution in [-0.4, -0.2) is 60.9 Å². The van der Waals surface area contributed by atoms with Crippen LogP contribution < -0.4 is 10.3 Å². The fraction of sp³-hybridized carbons (Fsp3) is 0.412. The maximum absolute atomic E-state index is 12.8. The van der Waals surface area contributed by atoms with Crippen LogP contribution in [0.2, 0.25) is 0 Å². The maximum atomic E-state index is 12.8. The number of hydrogen-bond donors (Lipinski definition) is 1. The van der Waals surface area contributed by atoms with Crippen molar-refractivity contribution in [2.45, 2.75) is 17.9 Å². The van der Waals surface area contributed by atoms with Gasteiger partial charge in [-0.15, -0.1) is 0 Å². The van der Waals surface area contributed by atoms with E-state index in [1.807, 2.05) is 6.92 Å². The molecule has 1 saturated heterocycles. The number of benzene rings is 1. The second-order valence-corrected chi connectivity index (χ2v) is 9.03. The fourth-order valence-electron chi connectivity index (χ4n) is 3.01. The van der Waals surface area contributed by atoms with Gasteiger partial charge in [-0.05, 0) is 47.1 Å². The number of hydrogen-bond acceptors (Lipinski definition) is 6. The normalized spacial score (nSPS) is 17.6. The summed E-state index contributed by atoms with van der Waals surface area (Å²) in [5.41, 5.74) is -0.229. The predicted octanol–water partition coefficient (Wildman–Crippen LogP) is 1.61. The van der Waals surface area contributed by atoms with Crippen molar-refractivity contribution in [2.24, 2.45) is 0 Å². The monoisotopic (exact) mass is 456 g/mol. The first-order chi connectivity index (χ1) is 12.8. The first-order valence-corrected chi connectivity index (χ1v) is 10.7. The molecule has 0 saturated carbocycles. The molecule has 0 aliphatic carbocycles. The highest BCUT2D eigenvalue weighted by atomic mass is 79.9. The van der Waals surface area contributed by atoms with E-state index in [0.717, 1.165) is 0 Å². The number of nitrogens with one attached hydrogen (secondary N) is 1. The Kier molecular flexibility index (Phi) is 5.99. The van der Waals surface area contributed by atoms with Gasteiger partial charge in [0.25, 0.3) is 5.56 Å². The molecule has 27 heavy (non-hydrogen) atoms. The van der Waals surface area contributed by atoms with E-state index in [1.54, 1.807) is 24.3 Å². The van der Waals surface area contributed by atoms with Gasteiger partial charge in [-0.3, -0.25) is 9.69 Å². The molecule has 146 valence electrons. The maximum Gasteiger partial charge on any atom is 0.265 e. The van der Waals surface area contributed by atoms with Crippen LogP contribution in [0, 0.1) is 0 Å². The van der Waals surface area contributed by atoms with Crippen LogP contribution in [0.1, 0.15) is 18.8 Å². The Balaban J connectivity index is 1.68. The molecule has 1 aliphatic heterocycles. The lowest BCUT2D eigenvalue weighted by molar-refractivity contribution is 0.141. The highest BCUT2D eigenvalue weighted by Gasteiger charge is 2.30. The Morgan fingerprint density at radius 2 is 1.81 bits per heavy atom. The number of piperazine rings is 1. The van der Waals surface area contributed by atoms with Gasteiger partial charge in [0.1, 0.15) is 16.0 Å². The number of methoxy groups -OCH3 is 1. The number of halogens is 1. The Morgan fingerprint density at radius 3 is 2.37 bits per heavy atom. The molecule has 1 fully saturated rings. The van der Waals surface area contributed by atoms with Crippen molar-refractivity contribution >= 4 is 26.0 Å². The number of H-pyrrole nitrogens is 1. The summed E-state index contributed by atoms with van der Waals surface area (Å²) in [4.78, 5) is 21.1. The van der Waals surface area contributed by atoms with Gasteiger partial charge in [0.05, 0.1) is 18.0 Å². The molecule has 1 aromatic heterocycles. The Labute approximate surface area is 166 Å². The highest BCUT2D eigenvalue weighted by Crippen LogP contribution is 2.23. The van der Waals surface area contributed by atoms with Crippen LogP contribution in [0.25, 0.3) is 0 Å². The van der Waals surface area contributed by atoms with Crippen molar-refractivity contribution in [3.05, 3.63) is 51.1 Å². The van der Waals surface area contributed by atoms with E-state index in [1.165, 1.54) is 17.6 Å². The zero-order valence-corrected chi connectivity index (χ0v) is 17.5. The third kappa shape index (κ3) is 4.23. The van der Waals surface area contributed by atoms with Gasteiger partial charge in [0, 0.05) is 32.4 Å². The van der Waals surface area contributed by atoms with Crippen LogP contribution in [0.15, 0.2) is 44.6 Å². The molecule has 1 unspecified atom stereocenters. The Hall–Kier alpha value is -1.75. The van der Waals surface area contributed by atoms with Crippen LogP contribution in [-0.2, 0) is 10.0 Å². The minimum atomic E-state index is -3.54. The smallest absolute Gasteiger partial charge is 0.265 e. The molecule has 0 spiro atoms. The summed E-state index contributed by atoms with van der Waals surface area (Å²) < 4.78 is 32.6. The van der Waals surface area contributed by atoms with Crippen LogP contribution in [0.5, 0.6) is 5.75 Å². The van der Waals surface area contributed by atoms with Gasteiger partial charge in [0.2, 0.25) is 10.0 Å². The zero-order valence-electron chi connectivity index (χ0n) is 15.1. The van der Waals surface area contributed by atoms with Crippen LogP contribution in [0.3, 0.4) is 0 Å². The average molecular weight is 457 g/mol. The zero-order chi connectivity index (χ0) is 19.6. The number of rotatable bonds is 5. The minimum Gasteiger partial charge on any atom is -0.497 e. The summed E-state index contributed by atoms with van der Waals surface area (Å²) in [6.07, 6.45) is 1.48. The molecule has 1 N–H and O–H groups in total. The van der Waals surface area contributed by atoms with E-state index in [-0.39, 0.29) is 16.5 Å². The Bertz CT molecular complexity index is 954. The SMILES string of the molecule is COc1ccc(S(=O)(=O)N2CCN(C(C)c3ncc(Br)c(=O)[nH]3)CC2)cc1. The number of aromatic nitrogens is 2. The first kappa shape index (κ1) is 20.0. The van der Waals surface area contributed by atoms with Crippen molar-refractivity contribution in [3.8, 4) is 5.75 Å². The quantitative estimate of drug-likeness (QED) is 0.733. The van der Waals surface area contributed by atoms with Crippen LogP contribution in [0.4, 0.5) is 0 Å². The second-order valence-electron chi connectivity index (χ2n) is 6.24. The van der Waals surface area contributed by atoms with Gasteiger partial charge in [-0.1, -0.05) is 0 Å². The summed E-state index contributed by atoms with van der Waals surface area (Å²) in [6.45, 7) is 3.80. The second kappa shape index (κ2) is 8.09. The van der Waals surface area contributed by atoms with E-state index in [2.05, 4.69) is 30.8 Å². The van der Waals surface area contributed by atoms with Gasteiger partial charge >= 0.3 is 0 Å². The van der Waals surface area contributed by atoms with Crippen molar-refractivity contribution < 1.29 is 13.2 Å². The van der Waals surface area contributed by atoms with Crippen molar-refractivity contribution in [2.75, 3.05) is 33.3 Å². The van der Waals surface area contributed by atoms with Crippen molar-refractivity contribution in [3.63, 3.8) is 0 Å². The molecule has 1 aromatic carbocycles. The first-order valence-electron chi connectivity index (χ1n) is 8.46. The lowest BCUT2D eigenvalue weighted by Gasteiger charge is -2.36. The molecule has 0 radical (unpaired) electrons. The van der Waals surface area contributed by atoms with E-state index in [4.69, 9.17) is 4.74 Å². The standard InChI is InChI=1S/C17H21BrN4O4S/c1-12(16-19-11-15(18)17(23)20-16)21-7-9-22(10-8-21)27(24,25)14-5-3-13(26-2)4-6-14/h3-6,11-12H,7-10H2,1-2H3,(H,19,20,23). The molecule has 0 amide bonds. The summed E-state index contributed by atoms with van der Waals surface area (Å²) in [5, 5.41) is 0. The van der Waals surface area contributed by atoms with Crippen LogP contribution >= 0.6 is 15.9 Å². The summed E-state index contributed by atoms with van der Waals surface area (Å²) in [5.74, 6) is 1.18. The van der Waals surface area contributed by atoms with E-state index >= 15 is 0 Å². The van der Waals surface area contributed by atoms with Crippen molar-refractivity contribution in [1.82, 2.24) is 19.2 Å². The summed E-state index contributed by atoms with van der Waals surface area (Å²) in [6, 6.07) is 6.28. The number of sulfonamides is 1. The van der Waals surface area contributed by atoms with E-state index in [0.29, 0.717) is 42.2 Å². The van der Waals surface area contributed by atoms with Gasteiger partial charge in [-0.25, -0.2) is 13.4 Å². The lowest BCUT2D eigenvalue weighted by atomic mass is 10.2. The van der Waals surface area contributed by atoms with Crippen molar-refractivity contribution in [1.29, 1.82) is 0 Å². The number of aromatic amines is 1. The Morgan fingerprint density at radius 1 is 1.19 bits per heavy atom. The minimum absolute atomic E-state index is 0.114. The topological polar surface area (TPSA) is 95.6 Å². The number of ether oxygens (including phenoxy) is 1. The average Bonchev–Trinajstić information content (AvgIpc) is 2.69. The predicted molar refractivity (Wildman–Crippen MR) is 104 cm³/mol. The van der Waals surface area contributed by atoms with Gasteiger partial charge < -0.3 is 9.72 Å². The molecule has 1 atom stereocenters. The van der Waals surface area contributed by atoms with E-state index < -0.39 is 10.0 Å². The van der Waals surface area contributed by atoms with Gasteiger partial charge in [0.15, 0.2) is 0 Å². The third-order valence-electron chi connectivity index (χ3n) is 4.69. The molecule has 1 aliphatic rings. The molecule has 2 aromatic rings. The highest BCUT2D eigenvalue weighted by molar-refractivity contribution is 9.10. The fourth-order valence-corrected chi connectivity index (χ4v) is 4.63. The van der Waals surface area contributed by atoms with Gasteiger partial charge in [-0.2, -0.15) is 4.31 Å². The number of nitrogens with zero attached hydrogens (tertiary/aromatic N) is 3. The molecule has 3 rings (SSSR count). The largest absolute Gasteiger partial charge is 0.497 e. The summed E-state index contributed by atoms with van der Waals surface area (Å²) >= 11 is 3.13.